The molecule has 0 radical (unpaired) electrons. The van der Waals surface area contributed by atoms with Crippen LogP contribution < -0.4 is 0 Å². The second kappa shape index (κ2) is 3.73. The lowest BCUT2D eigenvalue weighted by molar-refractivity contribution is -0.0430. The minimum atomic E-state index is -0.234. The minimum Gasteiger partial charge on any atom is -0.346 e. The van der Waals surface area contributed by atoms with E-state index in [4.69, 9.17) is 9.47 Å². The number of H-pyrrole nitrogens is 1. The van der Waals surface area contributed by atoms with E-state index in [1.807, 2.05) is 6.07 Å². The summed E-state index contributed by atoms with van der Waals surface area (Å²) in [5.74, 6) is 0. The molecule has 0 aromatic carbocycles. The topological polar surface area (TPSA) is 47.1 Å². The van der Waals surface area contributed by atoms with Crippen molar-refractivity contribution in [2.24, 2.45) is 0 Å². The van der Waals surface area contributed by atoms with Crippen molar-refractivity contribution in [1.82, 2.24) is 9.97 Å². The van der Waals surface area contributed by atoms with Gasteiger partial charge in [0.25, 0.3) is 0 Å². The summed E-state index contributed by atoms with van der Waals surface area (Å²) in [6.45, 7) is 1.33. The zero-order valence-corrected chi connectivity index (χ0v) is 10.0. The Balaban J connectivity index is 2.16. The summed E-state index contributed by atoms with van der Waals surface area (Å²) in [5.41, 5.74) is 1.94. The third-order valence-corrected chi connectivity index (χ3v) is 2.99. The van der Waals surface area contributed by atoms with E-state index in [1.165, 1.54) is 0 Å². The summed E-state index contributed by atoms with van der Waals surface area (Å²) in [5, 5.41) is 1.08. The fourth-order valence-corrected chi connectivity index (χ4v) is 2.33. The molecule has 0 amide bonds. The van der Waals surface area contributed by atoms with E-state index < -0.39 is 0 Å². The largest absolute Gasteiger partial charge is 0.346 e. The van der Waals surface area contributed by atoms with E-state index >= 15 is 0 Å². The average Bonchev–Trinajstić information content (AvgIpc) is 2.82. The van der Waals surface area contributed by atoms with E-state index in [0.29, 0.717) is 13.2 Å². The number of aromatic amines is 1. The van der Waals surface area contributed by atoms with Gasteiger partial charge in [-0.1, -0.05) is 0 Å². The highest BCUT2D eigenvalue weighted by Gasteiger charge is 2.21. The van der Waals surface area contributed by atoms with Crippen LogP contribution in [0.15, 0.2) is 18.3 Å². The standard InChI is InChI=1S/C10H9IN2O2/c11-8-5-7-6(10-14-3-4-15-10)1-2-12-9(7)13-8/h1-2,5,10H,3-4H2,(H,12,13). The summed E-state index contributed by atoms with van der Waals surface area (Å²) in [7, 11) is 0. The third kappa shape index (κ3) is 1.64. The number of pyridine rings is 1. The van der Waals surface area contributed by atoms with Crippen LogP contribution in [-0.2, 0) is 9.47 Å². The number of ether oxygens (including phenoxy) is 2. The molecule has 2 aromatic heterocycles. The fraction of sp³-hybridized carbons (Fsp3) is 0.300. The van der Waals surface area contributed by atoms with Crippen molar-refractivity contribution in [2.45, 2.75) is 6.29 Å². The molecule has 0 aliphatic carbocycles. The zero-order chi connectivity index (χ0) is 10.3. The highest BCUT2D eigenvalue weighted by Crippen LogP contribution is 2.29. The molecule has 1 N–H and O–H groups in total. The van der Waals surface area contributed by atoms with E-state index in [2.05, 4.69) is 38.6 Å². The van der Waals surface area contributed by atoms with E-state index in [0.717, 1.165) is 20.3 Å². The normalized spacial score (nSPS) is 17.7. The summed E-state index contributed by atoms with van der Waals surface area (Å²) >= 11 is 2.24. The highest BCUT2D eigenvalue weighted by atomic mass is 127. The van der Waals surface area contributed by atoms with Crippen LogP contribution in [0.25, 0.3) is 11.0 Å². The molecule has 3 heterocycles. The number of fused-ring (bicyclic) bond motifs is 1. The Morgan fingerprint density at radius 1 is 1.40 bits per heavy atom. The predicted molar refractivity (Wildman–Crippen MR) is 63.5 cm³/mol. The Morgan fingerprint density at radius 3 is 3.00 bits per heavy atom. The van der Waals surface area contributed by atoms with Crippen molar-refractivity contribution >= 4 is 33.6 Å². The number of hydrogen-bond donors (Lipinski definition) is 1. The van der Waals surface area contributed by atoms with Gasteiger partial charge in [0.1, 0.15) is 5.65 Å². The molecule has 1 aliphatic heterocycles. The third-order valence-electron chi connectivity index (χ3n) is 2.41. The molecule has 0 spiro atoms. The number of nitrogens with one attached hydrogen (secondary N) is 1. The molecule has 3 rings (SSSR count). The quantitative estimate of drug-likeness (QED) is 0.821. The first-order valence-corrected chi connectivity index (χ1v) is 5.79. The molecular formula is C10H9IN2O2. The van der Waals surface area contributed by atoms with Crippen molar-refractivity contribution < 1.29 is 9.47 Å². The van der Waals surface area contributed by atoms with Gasteiger partial charge in [-0.25, -0.2) is 4.98 Å². The second-order valence-electron chi connectivity index (χ2n) is 3.35. The van der Waals surface area contributed by atoms with Gasteiger partial charge in [0.2, 0.25) is 0 Å². The van der Waals surface area contributed by atoms with Crippen molar-refractivity contribution in [3.05, 3.63) is 27.6 Å². The molecule has 5 heteroatoms. The fourth-order valence-electron chi connectivity index (χ4n) is 1.76. The summed E-state index contributed by atoms with van der Waals surface area (Å²) in [4.78, 5) is 7.45. The first-order chi connectivity index (χ1) is 7.34. The molecule has 2 aromatic rings. The van der Waals surface area contributed by atoms with Gasteiger partial charge < -0.3 is 14.5 Å². The van der Waals surface area contributed by atoms with Crippen molar-refractivity contribution in [1.29, 1.82) is 0 Å². The van der Waals surface area contributed by atoms with E-state index in [-0.39, 0.29) is 6.29 Å². The van der Waals surface area contributed by atoms with E-state index in [1.54, 1.807) is 6.20 Å². The maximum Gasteiger partial charge on any atom is 0.184 e. The van der Waals surface area contributed by atoms with Crippen LogP contribution in [0.4, 0.5) is 0 Å². The van der Waals surface area contributed by atoms with Crippen molar-refractivity contribution in [3.63, 3.8) is 0 Å². The van der Waals surface area contributed by atoms with Crippen LogP contribution >= 0.6 is 22.6 Å². The first kappa shape index (κ1) is 9.56. The summed E-state index contributed by atoms with van der Waals surface area (Å²) < 4.78 is 12.0. The maximum atomic E-state index is 5.49. The predicted octanol–water partition coefficient (Wildman–Crippen LogP) is 2.21. The first-order valence-electron chi connectivity index (χ1n) is 4.71. The van der Waals surface area contributed by atoms with Crippen LogP contribution in [0.2, 0.25) is 0 Å². The molecule has 78 valence electrons. The van der Waals surface area contributed by atoms with Crippen LogP contribution in [0.5, 0.6) is 0 Å². The van der Waals surface area contributed by atoms with Gasteiger partial charge in [-0.2, -0.15) is 0 Å². The van der Waals surface area contributed by atoms with E-state index in [9.17, 15) is 0 Å². The molecule has 0 atom stereocenters. The molecule has 15 heavy (non-hydrogen) atoms. The Morgan fingerprint density at radius 2 is 2.20 bits per heavy atom. The molecular weight excluding hydrogens is 307 g/mol. The molecule has 0 bridgehead atoms. The van der Waals surface area contributed by atoms with Gasteiger partial charge in [0.05, 0.1) is 16.9 Å². The Bertz CT molecular complexity index is 491. The van der Waals surface area contributed by atoms with Crippen LogP contribution in [0.1, 0.15) is 11.9 Å². The van der Waals surface area contributed by atoms with Crippen LogP contribution in [0, 0.1) is 3.70 Å². The van der Waals surface area contributed by atoms with Crippen LogP contribution in [0.3, 0.4) is 0 Å². The van der Waals surface area contributed by atoms with Gasteiger partial charge in [0.15, 0.2) is 6.29 Å². The smallest absolute Gasteiger partial charge is 0.184 e. The Hall–Kier alpha value is -0.660. The molecule has 1 saturated heterocycles. The lowest BCUT2D eigenvalue weighted by atomic mass is 10.2. The van der Waals surface area contributed by atoms with Gasteiger partial charge in [-0.3, -0.25) is 0 Å². The van der Waals surface area contributed by atoms with Gasteiger partial charge in [0, 0.05) is 17.1 Å². The van der Waals surface area contributed by atoms with Gasteiger partial charge in [-0.15, -0.1) is 0 Å². The zero-order valence-electron chi connectivity index (χ0n) is 7.87. The SMILES string of the molecule is Ic1cc2c(C3OCCO3)ccnc2[nH]1. The van der Waals surface area contributed by atoms with Crippen LogP contribution in [-0.4, -0.2) is 23.2 Å². The molecule has 1 fully saturated rings. The molecule has 4 nitrogen and oxygen atoms in total. The second-order valence-corrected chi connectivity index (χ2v) is 4.52. The Kier molecular flexibility index (Phi) is 2.38. The molecule has 0 saturated carbocycles. The number of rotatable bonds is 1. The number of aromatic nitrogens is 2. The molecule has 1 aliphatic rings. The molecule has 0 unspecified atom stereocenters. The monoisotopic (exact) mass is 316 g/mol. The summed E-state index contributed by atoms with van der Waals surface area (Å²) in [6, 6.07) is 4.01. The lowest BCUT2D eigenvalue weighted by Gasteiger charge is -2.09. The maximum absolute atomic E-state index is 5.49. The minimum absolute atomic E-state index is 0.234. The Labute approximate surface area is 100 Å². The van der Waals surface area contributed by atoms with Gasteiger partial charge >= 0.3 is 0 Å². The number of halogens is 1. The average molecular weight is 316 g/mol. The lowest BCUT2D eigenvalue weighted by Crippen LogP contribution is -1.98. The number of nitrogens with zero attached hydrogens (tertiary/aromatic N) is 1. The van der Waals surface area contributed by atoms with Crippen molar-refractivity contribution in [2.75, 3.05) is 13.2 Å². The number of hydrogen-bond acceptors (Lipinski definition) is 3. The van der Waals surface area contributed by atoms with Crippen molar-refractivity contribution in [3.8, 4) is 0 Å². The summed E-state index contributed by atoms with van der Waals surface area (Å²) in [6.07, 6.45) is 1.54. The van der Waals surface area contributed by atoms with Gasteiger partial charge in [-0.05, 0) is 34.7 Å². The highest BCUT2D eigenvalue weighted by molar-refractivity contribution is 14.1.